The quantitative estimate of drug-likeness (QED) is 0.775. The van der Waals surface area contributed by atoms with Gasteiger partial charge in [-0.25, -0.2) is 4.98 Å². The molecule has 0 radical (unpaired) electrons. The normalized spacial score (nSPS) is 19.9. The lowest BCUT2D eigenvalue weighted by Crippen LogP contribution is -2.43. The molecule has 0 saturated carbocycles. The molecule has 3 nitrogen and oxygen atoms in total. The average molecular weight is 287 g/mol. The first-order valence-electron chi connectivity index (χ1n) is 6.26. The summed E-state index contributed by atoms with van der Waals surface area (Å²) in [5.41, 5.74) is 0.268. The smallest absolute Gasteiger partial charge is 0.274 e. The number of amides is 1. The summed E-state index contributed by atoms with van der Waals surface area (Å²) >= 11 is 11.9. The number of hydrogen-bond acceptors (Lipinski definition) is 2. The van der Waals surface area contributed by atoms with Gasteiger partial charge in [0.05, 0.1) is 5.02 Å². The van der Waals surface area contributed by atoms with Crippen molar-refractivity contribution < 1.29 is 4.79 Å². The predicted octanol–water partition coefficient (Wildman–Crippen LogP) is 3.79. The maximum absolute atomic E-state index is 12.5. The topological polar surface area (TPSA) is 33.2 Å². The van der Waals surface area contributed by atoms with Crippen LogP contribution in [-0.4, -0.2) is 28.4 Å². The van der Waals surface area contributed by atoms with Gasteiger partial charge in [0.1, 0.15) is 10.8 Å². The Kier molecular flexibility index (Phi) is 4.46. The van der Waals surface area contributed by atoms with Gasteiger partial charge in [0, 0.05) is 12.6 Å². The molecule has 1 aliphatic rings. The van der Waals surface area contributed by atoms with Gasteiger partial charge in [0.2, 0.25) is 0 Å². The highest BCUT2D eigenvalue weighted by atomic mass is 35.5. The summed E-state index contributed by atoms with van der Waals surface area (Å²) in [4.78, 5) is 18.4. The number of carbonyl (C=O) groups is 1. The first kappa shape index (κ1) is 13.6. The van der Waals surface area contributed by atoms with E-state index in [9.17, 15) is 4.79 Å². The summed E-state index contributed by atoms with van der Waals surface area (Å²) in [7, 11) is 0. The molecule has 1 unspecified atom stereocenters. The first-order chi connectivity index (χ1) is 8.63. The fraction of sp³-hybridized carbons (Fsp3) is 0.538. The van der Waals surface area contributed by atoms with Crippen LogP contribution in [0.15, 0.2) is 12.1 Å². The van der Waals surface area contributed by atoms with Crippen LogP contribution in [0.2, 0.25) is 10.2 Å². The van der Waals surface area contributed by atoms with Gasteiger partial charge in [0.25, 0.3) is 5.91 Å². The zero-order valence-electron chi connectivity index (χ0n) is 10.3. The maximum Gasteiger partial charge on any atom is 0.274 e. The van der Waals surface area contributed by atoms with Crippen LogP contribution >= 0.6 is 23.2 Å². The number of halogens is 2. The van der Waals surface area contributed by atoms with Gasteiger partial charge >= 0.3 is 0 Å². The zero-order valence-corrected chi connectivity index (χ0v) is 11.8. The summed E-state index contributed by atoms with van der Waals surface area (Å²) < 4.78 is 0. The molecule has 98 valence electrons. The number of carbonyl (C=O) groups excluding carboxylic acids is 1. The van der Waals surface area contributed by atoms with Crippen molar-refractivity contribution in [1.29, 1.82) is 0 Å². The van der Waals surface area contributed by atoms with E-state index in [4.69, 9.17) is 23.2 Å². The van der Waals surface area contributed by atoms with Gasteiger partial charge in [-0.05, 0) is 37.8 Å². The number of hydrogen-bond donors (Lipinski definition) is 0. The van der Waals surface area contributed by atoms with Gasteiger partial charge in [-0.1, -0.05) is 30.1 Å². The Labute approximate surface area is 117 Å². The second-order valence-corrected chi connectivity index (χ2v) is 5.32. The molecule has 1 aromatic heterocycles. The highest BCUT2D eigenvalue weighted by molar-refractivity contribution is 6.34. The minimum absolute atomic E-state index is 0.103. The minimum Gasteiger partial charge on any atom is -0.334 e. The number of aromatic nitrogens is 1. The number of rotatable bonds is 2. The molecule has 2 heterocycles. The van der Waals surface area contributed by atoms with Crippen LogP contribution in [0.3, 0.4) is 0 Å². The van der Waals surface area contributed by atoms with E-state index >= 15 is 0 Å². The molecule has 1 fully saturated rings. The van der Waals surface area contributed by atoms with Gasteiger partial charge in [-0.15, -0.1) is 0 Å². The van der Waals surface area contributed by atoms with Crippen LogP contribution < -0.4 is 0 Å². The third-order valence-electron chi connectivity index (χ3n) is 3.37. The van der Waals surface area contributed by atoms with Crippen LogP contribution in [0, 0.1) is 0 Å². The standard InChI is InChI=1S/C13H16Cl2N2O/c1-2-9-5-3-4-8-17(9)13(18)12-10(14)6-7-11(15)16-12/h6-7,9H,2-5,8H2,1H3. The molecule has 0 aromatic carbocycles. The molecule has 1 aliphatic heterocycles. The van der Waals surface area contributed by atoms with Crippen LogP contribution in [-0.2, 0) is 0 Å². The maximum atomic E-state index is 12.5. The predicted molar refractivity (Wildman–Crippen MR) is 73.2 cm³/mol. The molecule has 0 aliphatic carbocycles. The number of piperidine rings is 1. The molecule has 1 amide bonds. The van der Waals surface area contributed by atoms with E-state index in [-0.39, 0.29) is 11.6 Å². The third-order valence-corrected chi connectivity index (χ3v) is 3.89. The SMILES string of the molecule is CCC1CCCCN1C(=O)c1nc(Cl)ccc1Cl. The van der Waals surface area contributed by atoms with E-state index in [0.717, 1.165) is 25.8 Å². The molecule has 5 heteroatoms. The molecular formula is C13H16Cl2N2O. The lowest BCUT2D eigenvalue weighted by molar-refractivity contribution is 0.0602. The van der Waals surface area contributed by atoms with Crippen LogP contribution in [0.4, 0.5) is 0 Å². The Morgan fingerprint density at radius 3 is 2.94 bits per heavy atom. The zero-order chi connectivity index (χ0) is 13.1. The Hall–Kier alpha value is -0.800. The molecule has 2 rings (SSSR count). The van der Waals surface area contributed by atoms with Gasteiger partial charge in [0.15, 0.2) is 0 Å². The van der Waals surface area contributed by atoms with Gasteiger partial charge in [-0.3, -0.25) is 4.79 Å². The van der Waals surface area contributed by atoms with Crippen molar-refractivity contribution in [2.24, 2.45) is 0 Å². The molecule has 0 bridgehead atoms. The number of pyridine rings is 1. The lowest BCUT2D eigenvalue weighted by atomic mass is 9.99. The average Bonchev–Trinajstić information content (AvgIpc) is 2.40. The monoisotopic (exact) mass is 286 g/mol. The summed E-state index contributed by atoms with van der Waals surface area (Å²) in [6, 6.07) is 3.51. The highest BCUT2D eigenvalue weighted by Gasteiger charge is 2.28. The Morgan fingerprint density at radius 1 is 1.44 bits per heavy atom. The largest absolute Gasteiger partial charge is 0.334 e. The van der Waals surface area contributed by atoms with E-state index in [0.29, 0.717) is 16.2 Å². The third kappa shape index (κ3) is 2.78. The van der Waals surface area contributed by atoms with Crippen molar-refractivity contribution in [3.8, 4) is 0 Å². The molecule has 0 spiro atoms. The van der Waals surface area contributed by atoms with Crippen molar-refractivity contribution >= 4 is 29.1 Å². The second-order valence-electron chi connectivity index (χ2n) is 4.52. The fourth-order valence-corrected chi connectivity index (χ4v) is 2.73. The first-order valence-corrected chi connectivity index (χ1v) is 7.02. The molecule has 0 N–H and O–H groups in total. The van der Waals surface area contributed by atoms with Crippen LogP contribution in [0.1, 0.15) is 43.1 Å². The van der Waals surface area contributed by atoms with E-state index in [1.54, 1.807) is 12.1 Å². The summed E-state index contributed by atoms with van der Waals surface area (Å²) in [5, 5.41) is 0.664. The lowest BCUT2D eigenvalue weighted by Gasteiger charge is -2.35. The minimum atomic E-state index is -0.103. The molecule has 1 aromatic rings. The van der Waals surface area contributed by atoms with Crippen LogP contribution in [0.5, 0.6) is 0 Å². The highest BCUT2D eigenvalue weighted by Crippen LogP contribution is 2.24. The molecule has 1 atom stereocenters. The molecular weight excluding hydrogens is 271 g/mol. The summed E-state index contributed by atoms with van der Waals surface area (Å²) in [5.74, 6) is -0.103. The Balaban J connectivity index is 2.26. The molecule has 18 heavy (non-hydrogen) atoms. The summed E-state index contributed by atoms with van der Waals surface area (Å²) in [6.45, 7) is 2.88. The number of nitrogens with zero attached hydrogens (tertiary/aromatic N) is 2. The van der Waals surface area contributed by atoms with Crippen molar-refractivity contribution in [2.75, 3.05) is 6.54 Å². The van der Waals surface area contributed by atoms with Gasteiger partial charge < -0.3 is 4.90 Å². The second kappa shape index (κ2) is 5.89. The fourth-order valence-electron chi connectivity index (χ4n) is 2.40. The van der Waals surface area contributed by atoms with Crippen LogP contribution in [0.25, 0.3) is 0 Å². The molecule has 1 saturated heterocycles. The van der Waals surface area contributed by atoms with E-state index in [2.05, 4.69) is 11.9 Å². The van der Waals surface area contributed by atoms with Gasteiger partial charge in [-0.2, -0.15) is 0 Å². The van der Waals surface area contributed by atoms with Crippen molar-refractivity contribution in [2.45, 2.75) is 38.6 Å². The van der Waals surface area contributed by atoms with Crippen molar-refractivity contribution in [3.63, 3.8) is 0 Å². The number of likely N-dealkylation sites (tertiary alicyclic amines) is 1. The van der Waals surface area contributed by atoms with Crippen molar-refractivity contribution in [1.82, 2.24) is 9.88 Å². The van der Waals surface area contributed by atoms with E-state index < -0.39 is 0 Å². The Bertz CT molecular complexity index is 451. The van der Waals surface area contributed by atoms with E-state index in [1.807, 2.05) is 4.90 Å². The van der Waals surface area contributed by atoms with E-state index in [1.165, 1.54) is 6.42 Å². The Morgan fingerprint density at radius 2 is 2.22 bits per heavy atom. The van der Waals surface area contributed by atoms with Crippen molar-refractivity contribution in [3.05, 3.63) is 28.0 Å². The summed E-state index contributed by atoms with van der Waals surface area (Å²) in [6.07, 6.45) is 4.24.